The van der Waals surface area contributed by atoms with Crippen LogP contribution in [-0.2, 0) is 4.79 Å². The summed E-state index contributed by atoms with van der Waals surface area (Å²) >= 11 is 0. The van der Waals surface area contributed by atoms with Crippen molar-refractivity contribution in [3.63, 3.8) is 0 Å². The van der Waals surface area contributed by atoms with Gasteiger partial charge in [-0.2, -0.15) is 0 Å². The Morgan fingerprint density at radius 1 is 1.44 bits per heavy atom. The van der Waals surface area contributed by atoms with Gasteiger partial charge in [-0.05, 0) is 26.7 Å². The Labute approximate surface area is 107 Å². The molecule has 3 N–H and O–H groups in total. The second kappa shape index (κ2) is 6.18. The fraction of sp³-hybridized carbons (Fsp3) is 0.583. The molecule has 0 aromatic carbocycles. The minimum atomic E-state index is -0.746. The molecule has 0 saturated carbocycles. The SMILES string of the molecule is C=C(C)NC(C)=NC(=N)N1CCC(C(=O)O)CC1. The Hall–Kier alpha value is -1.85. The zero-order valence-electron chi connectivity index (χ0n) is 10.9. The number of allylic oxidation sites excluding steroid dienone is 1. The van der Waals surface area contributed by atoms with E-state index in [1.807, 2.05) is 6.92 Å². The Morgan fingerprint density at radius 2 is 2.00 bits per heavy atom. The number of amidine groups is 1. The number of guanidine groups is 1. The number of aliphatic imine (C=N–C) groups is 1. The van der Waals surface area contributed by atoms with Crippen LogP contribution < -0.4 is 5.32 Å². The van der Waals surface area contributed by atoms with Crippen molar-refractivity contribution in [2.45, 2.75) is 26.7 Å². The molecule has 100 valence electrons. The van der Waals surface area contributed by atoms with Gasteiger partial charge in [-0.1, -0.05) is 6.58 Å². The molecule has 0 atom stereocenters. The molecule has 1 heterocycles. The van der Waals surface area contributed by atoms with Crippen LogP contribution in [0.3, 0.4) is 0 Å². The van der Waals surface area contributed by atoms with Crippen molar-refractivity contribution in [2.75, 3.05) is 13.1 Å². The molecule has 1 aliphatic heterocycles. The summed E-state index contributed by atoms with van der Waals surface area (Å²) in [7, 11) is 0. The molecular formula is C12H20N4O2. The van der Waals surface area contributed by atoms with Crippen LogP contribution in [-0.4, -0.2) is 40.9 Å². The van der Waals surface area contributed by atoms with Crippen LogP contribution in [0.5, 0.6) is 0 Å². The molecule has 1 rings (SSSR count). The van der Waals surface area contributed by atoms with Gasteiger partial charge in [0.15, 0.2) is 0 Å². The zero-order chi connectivity index (χ0) is 13.7. The maximum absolute atomic E-state index is 10.8. The number of piperidine rings is 1. The van der Waals surface area contributed by atoms with E-state index in [1.165, 1.54) is 0 Å². The summed E-state index contributed by atoms with van der Waals surface area (Å²) in [6.07, 6.45) is 1.14. The lowest BCUT2D eigenvalue weighted by Gasteiger charge is -2.30. The lowest BCUT2D eigenvalue weighted by Crippen LogP contribution is -2.40. The molecule has 6 nitrogen and oxygen atoms in total. The minimum Gasteiger partial charge on any atom is -0.481 e. The Bertz CT molecular complexity index is 382. The summed E-state index contributed by atoms with van der Waals surface area (Å²) < 4.78 is 0. The molecular weight excluding hydrogens is 232 g/mol. The number of carbonyl (C=O) groups is 1. The summed E-state index contributed by atoms with van der Waals surface area (Å²) in [5.74, 6) is -0.240. The molecule has 1 fully saturated rings. The van der Waals surface area contributed by atoms with E-state index in [0.29, 0.717) is 31.8 Å². The highest BCUT2D eigenvalue weighted by Gasteiger charge is 2.25. The fourth-order valence-corrected chi connectivity index (χ4v) is 1.90. The molecule has 1 saturated heterocycles. The van der Waals surface area contributed by atoms with Gasteiger partial charge in [-0.15, -0.1) is 0 Å². The van der Waals surface area contributed by atoms with Gasteiger partial charge in [0.05, 0.1) is 5.92 Å². The van der Waals surface area contributed by atoms with E-state index in [-0.39, 0.29) is 11.9 Å². The second-order valence-electron chi connectivity index (χ2n) is 4.53. The summed E-state index contributed by atoms with van der Waals surface area (Å²) in [4.78, 5) is 16.7. The molecule has 0 spiro atoms. The first-order chi connectivity index (χ1) is 8.40. The first-order valence-electron chi connectivity index (χ1n) is 5.94. The van der Waals surface area contributed by atoms with E-state index in [2.05, 4.69) is 16.9 Å². The van der Waals surface area contributed by atoms with E-state index in [4.69, 9.17) is 10.5 Å². The fourth-order valence-electron chi connectivity index (χ4n) is 1.90. The van der Waals surface area contributed by atoms with Crippen molar-refractivity contribution in [3.8, 4) is 0 Å². The van der Waals surface area contributed by atoms with Gasteiger partial charge in [0.25, 0.3) is 0 Å². The van der Waals surface area contributed by atoms with Gasteiger partial charge in [0.1, 0.15) is 5.84 Å². The van der Waals surface area contributed by atoms with Gasteiger partial charge in [-0.3, -0.25) is 10.2 Å². The molecule has 0 aliphatic carbocycles. The third-order valence-electron chi connectivity index (χ3n) is 2.81. The van der Waals surface area contributed by atoms with Crippen molar-refractivity contribution in [2.24, 2.45) is 10.9 Å². The number of rotatable bonds is 2. The normalized spacial score (nSPS) is 17.4. The van der Waals surface area contributed by atoms with Crippen molar-refractivity contribution < 1.29 is 9.90 Å². The highest BCUT2D eigenvalue weighted by Crippen LogP contribution is 2.17. The quantitative estimate of drug-likeness (QED) is 0.510. The van der Waals surface area contributed by atoms with Crippen LogP contribution in [0.15, 0.2) is 17.3 Å². The molecule has 6 heteroatoms. The zero-order valence-corrected chi connectivity index (χ0v) is 10.9. The monoisotopic (exact) mass is 252 g/mol. The lowest BCUT2D eigenvalue weighted by molar-refractivity contribution is -0.143. The largest absolute Gasteiger partial charge is 0.481 e. The third-order valence-corrected chi connectivity index (χ3v) is 2.81. The molecule has 0 amide bonds. The van der Waals surface area contributed by atoms with E-state index >= 15 is 0 Å². The topological polar surface area (TPSA) is 88.8 Å². The Balaban J connectivity index is 2.50. The van der Waals surface area contributed by atoms with Gasteiger partial charge in [0, 0.05) is 18.8 Å². The predicted octanol–water partition coefficient (Wildman–Crippen LogP) is 1.26. The lowest BCUT2D eigenvalue weighted by atomic mass is 9.97. The van der Waals surface area contributed by atoms with Gasteiger partial charge >= 0.3 is 5.97 Å². The predicted molar refractivity (Wildman–Crippen MR) is 70.7 cm³/mol. The highest BCUT2D eigenvalue weighted by atomic mass is 16.4. The highest BCUT2D eigenvalue weighted by molar-refractivity contribution is 5.94. The number of aliphatic carboxylic acids is 1. The third kappa shape index (κ3) is 4.20. The maximum Gasteiger partial charge on any atom is 0.306 e. The average molecular weight is 252 g/mol. The molecule has 0 aromatic heterocycles. The summed E-state index contributed by atoms with van der Waals surface area (Å²) in [5, 5.41) is 19.7. The van der Waals surface area contributed by atoms with Crippen LogP contribution >= 0.6 is 0 Å². The number of nitrogens with one attached hydrogen (secondary N) is 2. The number of likely N-dealkylation sites (tertiary alicyclic amines) is 1. The number of nitrogens with zero attached hydrogens (tertiary/aromatic N) is 2. The second-order valence-corrected chi connectivity index (χ2v) is 4.53. The number of hydrogen-bond acceptors (Lipinski definition) is 2. The van der Waals surface area contributed by atoms with Crippen LogP contribution in [0.25, 0.3) is 0 Å². The Kier molecular flexibility index (Phi) is 4.88. The van der Waals surface area contributed by atoms with Gasteiger partial charge in [-0.25, -0.2) is 4.99 Å². The summed E-state index contributed by atoms with van der Waals surface area (Å²) in [6.45, 7) is 8.43. The number of hydrogen-bond donors (Lipinski definition) is 3. The van der Waals surface area contributed by atoms with Crippen LogP contribution in [0, 0.1) is 11.3 Å². The first kappa shape index (κ1) is 14.2. The van der Waals surface area contributed by atoms with E-state index in [0.717, 1.165) is 5.70 Å². The first-order valence-corrected chi connectivity index (χ1v) is 5.94. The number of carboxylic acids is 1. The Morgan fingerprint density at radius 3 is 2.44 bits per heavy atom. The van der Waals surface area contributed by atoms with Crippen LogP contribution in [0.2, 0.25) is 0 Å². The van der Waals surface area contributed by atoms with Crippen molar-refractivity contribution in [1.29, 1.82) is 5.41 Å². The van der Waals surface area contributed by atoms with E-state index in [9.17, 15) is 4.79 Å². The van der Waals surface area contributed by atoms with E-state index in [1.54, 1.807) is 11.8 Å². The summed E-state index contributed by atoms with van der Waals surface area (Å²) in [6, 6.07) is 0. The van der Waals surface area contributed by atoms with Gasteiger partial charge in [0.2, 0.25) is 5.96 Å². The van der Waals surface area contributed by atoms with Gasteiger partial charge < -0.3 is 15.3 Å². The molecule has 0 radical (unpaired) electrons. The van der Waals surface area contributed by atoms with Crippen molar-refractivity contribution in [1.82, 2.24) is 10.2 Å². The van der Waals surface area contributed by atoms with Crippen LogP contribution in [0.4, 0.5) is 0 Å². The average Bonchev–Trinajstić information content (AvgIpc) is 2.27. The molecule has 1 aliphatic rings. The maximum atomic E-state index is 10.8. The molecule has 0 unspecified atom stereocenters. The van der Waals surface area contributed by atoms with Crippen LogP contribution in [0.1, 0.15) is 26.7 Å². The summed E-state index contributed by atoms with van der Waals surface area (Å²) in [5.41, 5.74) is 0.772. The minimum absolute atomic E-state index is 0.171. The van der Waals surface area contributed by atoms with Crippen molar-refractivity contribution >= 4 is 17.8 Å². The van der Waals surface area contributed by atoms with E-state index < -0.39 is 5.97 Å². The van der Waals surface area contributed by atoms with Crippen molar-refractivity contribution in [3.05, 3.63) is 12.3 Å². The molecule has 18 heavy (non-hydrogen) atoms. The molecule has 0 bridgehead atoms. The smallest absolute Gasteiger partial charge is 0.306 e. The molecule has 0 aromatic rings. The number of carboxylic acid groups (broad SMARTS) is 1. The standard InChI is InChI=1S/C12H20N4O2/c1-8(2)14-9(3)15-12(13)16-6-4-10(5-7-16)11(17)18/h10H,1,4-7H2,2-3H3,(H,17,18)(H2,13,14,15).